The van der Waals surface area contributed by atoms with Crippen molar-refractivity contribution >= 4 is 23.5 Å². The van der Waals surface area contributed by atoms with Crippen LogP contribution >= 0.6 is 11.6 Å². The second-order valence-electron chi connectivity index (χ2n) is 12.9. The number of halogens is 1. The van der Waals surface area contributed by atoms with Crippen molar-refractivity contribution in [3.8, 4) is 0 Å². The number of rotatable bonds is 8. The van der Waals surface area contributed by atoms with E-state index in [0.29, 0.717) is 37.7 Å². The summed E-state index contributed by atoms with van der Waals surface area (Å²) in [5.74, 6) is 1.44. The molecular formula is C30H38ClNO4. The highest BCUT2D eigenvalue weighted by Crippen LogP contribution is 2.92. The van der Waals surface area contributed by atoms with Crippen molar-refractivity contribution < 1.29 is 19.4 Å². The van der Waals surface area contributed by atoms with Crippen molar-refractivity contribution in [3.05, 3.63) is 46.1 Å². The molecule has 4 atom stereocenters. The molecule has 4 saturated carbocycles. The summed E-state index contributed by atoms with van der Waals surface area (Å²) < 4.78 is 5.45. The Hall–Kier alpha value is -1.85. The van der Waals surface area contributed by atoms with E-state index in [2.05, 4.69) is 45.2 Å². The lowest BCUT2D eigenvalue weighted by atomic mass is 9.66. The summed E-state index contributed by atoms with van der Waals surface area (Å²) in [6.07, 6.45) is 8.56. The van der Waals surface area contributed by atoms with E-state index in [9.17, 15) is 14.7 Å². The van der Waals surface area contributed by atoms with Gasteiger partial charge in [0.05, 0.1) is 11.0 Å². The van der Waals surface area contributed by atoms with Gasteiger partial charge in [-0.25, -0.2) is 0 Å². The monoisotopic (exact) mass is 511 g/mol. The van der Waals surface area contributed by atoms with Crippen molar-refractivity contribution in [2.75, 3.05) is 13.7 Å². The number of carbonyl (C=O) groups is 2. The number of ether oxygens (including phenoxy) is 1. The maximum Gasteiger partial charge on any atom is 0.310 e. The minimum atomic E-state index is -0.680. The van der Waals surface area contributed by atoms with E-state index in [1.807, 2.05) is 4.90 Å². The van der Waals surface area contributed by atoms with Crippen LogP contribution in [-0.4, -0.2) is 41.1 Å². The predicted molar refractivity (Wildman–Crippen MR) is 139 cm³/mol. The van der Waals surface area contributed by atoms with E-state index in [1.54, 1.807) is 7.11 Å². The van der Waals surface area contributed by atoms with Gasteiger partial charge < -0.3 is 14.7 Å². The number of amides is 1. The number of hydrogen-bond donors (Lipinski definition) is 1. The van der Waals surface area contributed by atoms with Crippen molar-refractivity contribution in [1.29, 1.82) is 0 Å². The van der Waals surface area contributed by atoms with Gasteiger partial charge in [-0.3, -0.25) is 9.59 Å². The van der Waals surface area contributed by atoms with Gasteiger partial charge in [0.2, 0.25) is 5.91 Å². The normalized spacial score (nSPS) is 40.4. The molecule has 194 valence electrons. The second kappa shape index (κ2) is 7.83. The molecule has 1 spiro atoms. The molecule has 0 saturated heterocycles. The molecule has 4 fully saturated rings. The number of carboxylic acids is 1. The number of carboxylic acid groups (broad SMARTS) is 1. The van der Waals surface area contributed by atoms with Crippen molar-refractivity contribution in [2.24, 2.45) is 22.7 Å². The largest absolute Gasteiger partial charge is 0.481 e. The molecule has 1 aromatic rings. The Labute approximate surface area is 219 Å². The topological polar surface area (TPSA) is 66.8 Å². The fraction of sp³-hybridized carbons (Fsp3) is 0.667. The molecule has 5 aliphatic rings. The first-order valence-electron chi connectivity index (χ1n) is 13.6. The maximum absolute atomic E-state index is 13.7. The highest BCUT2D eigenvalue weighted by Gasteiger charge is 2.95. The van der Waals surface area contributed by atoms with Crippen LogP contribution in [0.5, 0.6) is 0 Å². The van der Waals surface area contributed by atoms with Gasteiger partial charge in [-0.2, -0.15) is 0 Å². The van der Waals surface area contributed by atoms with Crippen LogP contribution in [0, 0.1) is 22.7 Å². The van der Waals surface area contributed by atoms with Crippen LogP contribution in [0.1, 0.15) is 89.2 Å². The second-order valence-corrected chi connectivity index (χ2v) is 13.3. The van der Waals surface area contributed by atoms with Gasteiger partial charge in [0.25, 0.3) is 0 Å². The highest BCUT2D eigenvalue weighted by atomic mass is 35.5. The van der Waals surface area contributed by atoms with E-state index in [1.165, 1.54) is 24.0 Å². The summed E-state index contributed by atoms with van der Waals surface area (Å²) in [6, 6.07) is 6.45. The van der Waals surface area contributed by atoms with E-state index in [4.69, 9.17) is 16.3 Å². The summed E-state index contributed by atoms with van der Waals surface area (Å²) in [7, 11) is 1.70. The molecule has 6 heteroatoms. The standard InChI is InChI=1S/C30H38ClNO4/c1-18(2)19-11-20(12-19)23-6-5-21(13-24(23)31)27(3)14-25(33)32(15-22(27)7-10-36-4)30-9-8-28(26(34)35)16-29(28,30)17-30/h5-6,13,15,18-20H,7-12,14,16-17H2,1-4H3,(H,34,35)/t19?,20?,27-,28?,29?,30?/m0/s1. The Kier molecular flexibility index (Phi) is 5.33. The van der Waals surface area contributed by atoms with E-state index < -0.39 is 16.8 Å². The van der Waals surface area contributed by atoms with Gasteiger partial charge in [-0.05, 0) is 85.5 Å². The fourth-order valence-electron chi connectivity index (χ4n) is 8.40. The smallest absolute Gasteiger partial charge is 0.310 e. The quantitative estimate of drug-likeness (QED) is 0.445. The summed E-state index contributed by atoms with van der Waals surface area (Å²) in [5.41, 5.74) is 1.90. The Morgan fingerprint density at radius 2 is 2.00 bits per heavy atom. The Morgan fingerprint density at radius 3 is 2.56 bits per heavy atom. The molecule has 6 rings (SSSR count). The molecule has 1 N–H and O–H groups in total. The van der Waals surface area contributed by atoms with Gasteiger partial charge in [-0.15, -0.1) is 0 Å². The lowest BCUT2D eigenvalue weighted by Gasteiger charge is -2.43. The molecule has 4 aliphatic carbocycles. The van der Waals surface area contributed by atoms with Crippen LogP contribution in [0.4, 0.5) is 0 Å². The zero-order valence-electron chi connectivity index (χ0n) is 21.9. The lowest BCUT2D eigenvalue weighted by Crippen LogP contribution is -2.47. The molecule has 1 aromatic carbocycles. The van der Waals surface area contributed by atoms with Crippen LogP contribution in [0.15, 0.2) is 30.0 Å². The van der Waals surface area contributed by atoms with Crippen LogP contribution in [0.25, 0.3) is 0 Å². The van der Waals surface area contributed by atoms with Gasteiger partial charge in [0, 0.05) is 42.2 Å². The Balaban J connectivity index is 1.30. The van der Waals surface area contributed by atoms with Gasteiger partial charge in [0.1, 0.15) is 0 Å². The number of aliphatic carboxylic acids is 1. The fourth-order valence-corrected chi connectivity index (χ4v) is 8.74. The third kappa shape index (κ3) is 3.05. The Morgan fingerprint density at radius 1 is 1.25 bits per heavy atom. The molecule has 3 unspecified atom stereocenters. The van der Waals surface area contributed by atoms with E-state index in [-0.39, 0.29) is 16.9 Å². The van der Waals surface area contributed by atoms with Gasteiger partial charge in [-0.1, -0.05) is 44.5 Å². The van der Waals surface area contributed by atoms with E-state index >= 15 is 0 Å². The average Bonchev–Trinajstić information content (AvgIpc) is 3.64. The minimum Gasteiger partial charge on any atom is -0.481 e. The first-order chi connectivity index (χ1) is 17.0. The number of hydrogen-bond acceptors (Lipinski definition) is 3. The summed E-state index contributed by atoms with van der Waals surface area (Å²) in [4.78, 5) is 27.7. The van der Waals surface area contributed by atoms with Crippen LogP contribution in [0.2, 0.25) is 5.02 Å². The predicted octanol–water partition coefficient (Wildman–Crippen LogP) is 6.30. The van der Waals surface area contributed by atoms with Crippen LogP contribution < -0.4 is 0 Å². The highest BCUT2D eigenvalue weighted by molar-refractivity contribution is 6.31. The van der Waals surface area contributed by atoms with Gasteiger partial charge >= 0.3 is 5.97 Å². The number of benzene rings is 1. The van der Waals surface area contributed by atoms with Crippen LogP contribution in [0.3, 0.4) is 0 Å². The molecule has 1 heterocycles. The van der Waals surface area contributed by atoms with Crippen molar-refractivity contribution in [2.45, 2.75) is 89.0 Å². The number of methoxy groups -OCH3 is 1. The molecule has 0 radical (unpaired) electrons. The molecule has 0 bridgehead atoms. The third-order valence-corrected chi connectivity index (χ3v) is 11.5. The molecular weight excluding hydrogens is 474 g/mol. The average molecular weight is 512 g/mol. The zero-order valence-corrected chi connectivity index (χ0v) is 22.7. The number of nitrogens with zero attached hydrogens (tertiary/aromatic N) is 1. The van der Waals surface area contributed by atoms with Crippen molar-refractivity contribution in [3.63, 3.8) is 0 Å². The Bertz CT molecular complexity index is 1160. The molecule has 0 aromatic heterocycles. The van der Waals surface area contributed by atoms with Crippen molar-refractivity contribution in [1.82, 2.24) is 4.90 Å². The summed E-state index contributed by atoms with van der Waals surface area (Å²) in [6.45, 7) is 7.32. The first-order valence-corrected chi connectivity index (χ1v) is 14.0. The third-order valence-electron chi connectivity index (χ3n) is 11.1. The van der Waals surface area contributed by atoms with E-state index in [0.717, 1.165) is 35.8 Å². The summed E-state index contributed by atoms with van der Waals surface area (Å²) in [5, 5.41) is 10.7. The SMILES string of the molecule is COCCC1=CN(C23CCC4(C(=O)O)CC42C3)C(=O)C[C@@]1(C)c1ccc(C2CC(C(C)C)C2)c(Cl)c1. The molecule has 1 amide bonds. The maximum atomic E-state index is 13.7. The lowest BCUT2D eigenvalue weighted by molar-refractivity contribution is -0.144. The van der Waals surface area contributed by atoms with Crippen LogP contribution in [-0.2, 0) is 19.7 Å². The minimum absolute atomic E-state index is 0.0996. The molecule has 5 nitrogen and oxygen atoms in total. The number of carbonyl (C=O) groups excluding carboxylic acids is 1. The zero-order chi connectivity index (χ0) is 25.7. The summed E-state index contributed by atoms with van der Waals surface area (Å²) >= 11 is 6.87. The molecule has 36 heavy (non-hydrogen) atoms. The first kappa shape index (κ1) is 24.5. The van der Waals surface area contributed by atoms with Gasteiger partial charge in [0.15, 0.2) is 0 Å². The molecule has 1 aliphatic heterocycles.